The van der Waals surface area contributed by atoms with Gasteiger partial charge in [-0.2, -0.15) is 0 Å². The summed E-state index contributed by atoms with van der Waals surface area (Å²) >= 11 is 4.97. The molecule has 146 valence electrons. The molecule has 0 aliphatic heterocycles. The van der Waals surface area contributed by atoms with E-state index in [1.807, 2.05) is 49.6 Å². The topological polar surface area (TPSA) is 59.8 Å². The van der Waals surface area contributed by atoms with E-state index in [9.17, 15) is 4.79 Å². The molecule has 1 heterocycles. The number of aromatic nitrogens is 3. The normalized spacial score (nSPS) is 10.9. The number of amides is 1. The Hall–Kier alpha value is -2.12. The second-order valence-electron chi connectivity index (χ2n) is 6.64. The van der Waals surface area contributed by atoms with Gasteiger partial charge in [0.15, 0.2) is 11.0 Å². The molecule has 0 aliphatic carbocycles. The van der Waals surface area contributed by atoms with Gasteiger partial charge in [-0.1, -0.05) is 63.6 Å². The van der Waals surface area contributed by atoms with Crippen molar-refractivity contribution in [3.8, 4) is 11.4 Å². The van der Waals surface area contributed by atoms with Crippen LogP contribution in [0.15, 0.2) is 46.0 Å². The Balaban J connectivity index is 1.73. The number of nitrogens with one attached hydrogen (secondary N) is 1. The number of halogens is 1. The van der Waals surface area contributed by atoms with Gasteiger partial charge < -0.3 is 9.88 Å². The van der Waals surface area contributed by atoms with E-state index in [0.717, 1.165) is 44.4 Å². The highest BCUT2D eigenvalue weighted by molar-refractivity contribution is 9.10. The van der Waals surface area contributed by atoms with E-state index < -0.39 is 0 Å². The molecular weight excluding hydrogens is 436 g/mol. The van der Waals surface area contributed by atoms with Gasteiger partial charge in [-0.15, -0.1) is 10.2 Å². The number of carbonyl (C=O) groups excluding carboxylic acids is 1. The van der Waals surface area contributed by atoms with E-state index >= 15 is 0 Å². The van der Waals surface area contributed by atoms with Crippen LogP contribution in [-0.4, -0.2) is 26.4 Å². The van der Waals surface area contributed by atoms with Crippen LogP contribution in [-0.2, 0) is 11.3 Å². The maximum absolute atomic E-state index is 12.5. The lowest BCUT2D eigenvalue weighted by molar-refractivity contribution is -0.113. The molecule has 0 atom stereocenters. The molecule has 0 spiro atoms. The zero-order valence-corrected chi connectivity index (χ0v) is 18.8. The highest BCUT2D eigenvalue weighted by Crippen LogP contribution is 2.29. The molecule has 2 aromatic carbocycles. The molecule has 5 nitrogen and oxygen atoms in total. The van der Waals surface area contributed by atoms with Gasteiger partial charge in [0.1, 0.15) is 0 Å². The van der Waals surface area contributed by atoms with Gasteiger partial charge in [0.2, 0.25) is 5.91 Å². The third-order valence-corrected chi connectivity index (χ3v) is 6.08. The Labute approximate surface area is 178 Å². The minimum absolute atomic E-state index is 0.0480. The smallest absolute Gasteiger partial charge is 0.234 e. The third-order valence-electron chi connectivity index (χ3n) is 4.42. The van der Waals surface area contributed by atoms with Crippen molar-refractivity contribution in [2.75, 3.05) is 11.1 Å². The average Bonchev–Trinajstić information content (AvgIpc) is 3.06. The van der Waals surface area contributed by atoms with Crippen LogP contribution in [0.1, 0.15) is 23.6 Å². The number of aryl methyl sites for hydroxylation is 3. The number of rotatable bonds is 6. The van der Waals surface area contributed by atoms with Crippen LogP contribution in [0, 0.1) is 20.8 Å². The lowest BCUT2D eigenvalue weighted by atomic mass is 10.1. The van der Waals surface area contributed by atoms with Crippen molar-refractivity contribution in [1.82, 2.24) is 14.8 Å². The Bertz CT molecular complexity index is 992. The summed E-state index contributed by atoms with van der Waals surface area (Å²) < 4.78 is 3.00. The summed E-state index contributed by atoms with van der Waals surface area (Å²) in [5, 5.41) is 12.4. The molecule has 0 unspecified atom stereocenters. The van der Waals surface area contributed by atoms with Crippen LogP contribution in [0.3, 0.4) is 0 Å². The number of carbonyl (C=O) groups is 1. The zero-order valence-electron chi connectivity index (χ0n) is 16.4. The van der Waals surface area contributed by atoms with E-state index in [1.165, 1.54) is 17.3 Å². The number of hydrogen-bond donors (Lipinski definition) is 1. The van der Waals surface area contributed by atoms with Crippen molar-refractivity contribution in [1.29, 1.82) is 0 Å². The maximum Gasteiger partial charge on any atom is 0.234 e. The van der Waals surface area contributed by atoms with E-state index in [2.05, 4.69) is 50.5 Å². The molecule has 1 aromatic heterocycles. The summed E-state index contributed by atoms with van der Waals surface area (Å²) in [6, 6.07) is 12.1. The highest BCUT2D eigenvalue weighted by Gasteiger charge is 2.16. The standard InChI is InChI=1S/C21H23BrN4OS/c1-5-26-20(16-8-6-7-9-17(16)22)24-25-21(26)28-12-18(27)23-19-14(3)10-13(2)11-15(19)4/h6-11H,5,12H2,1-4H3,(H,23,27). The van der Waals surface area contributed by atoms with Gasteiger partial charge in [-0.25, -0.2) is 0 Å². The highest BCUT2D eigenvalue weighted by atomic mass is 79.9. The quantitative estimate of drug-likeness (QED) is 0.503. The molecule has 3 rings (SSSR count). The zero-order chi connectivity index (χ0) is 20.3. The van der Waals surface area contributed by atoms with Gasteiger partial charge in [-0.05, 0) is 44.9 Å². The van der Waals surface area contributed by atoms with Crippen LogP contribution in [0.5, 0.6) is 0 Å². The predicted octanol–water partition coefficient (Wildman–Crippen LogP) is 5.38. The Morgan fingerprint density at radius 3 is 2.46 bits per heavy atom. The number of hydrogen-bond acceptors (Lipinski definition) is 4. The Kier molecular flexibility index (Phi) is 6.57. The lowest BCUT2D eigenvalue weighted by Gasteiger charge is -2.13. The SMILES string of the molecule is CCn1c(SCC(=O)Nc2c(C)cc(C)cc2C)nnc1-c1ccccc1Br. The maximum atomic E-state index is 12.5. The van der Waals surface area contributed by atoms with Gasteiger partial charge in [-0.3, -0.25) is 4.79 Å². The minimum Gasteiger partial charge on any atom is -0.325 e. The number of nitrogens with zero attached hydrogens (tertiary/aromatic N) is 3. The molecule has 3 aromatic rings. The van der Waals surface area contributed by atoms with Crippen LogP contribution in [0.2, 0.25) is 0 Å². The fourth-order valence-corrected chi connectivity index (χ4v) is 4.47. The van der Waals surface area contributed by atoms with E-state index in [4.69, 9.17) is 0 Å². The Morgan fingerprint density at radius 1 is 1.14 bits per heavy atom. The second kappa shape index (κ2) is 8.92. The number of benzene rings is 2. The van der Waals surface area contributed by atoms with E-state index in [1.54, 1.807) is 0 Å². The van der Waals surface area contributed by atoms with E-state index in [0.29, 0.717) is 0 Å². The van der Waals surface area contributed by atoms with Crippen molar-refractivity contribution in [3.05, 3.63) is 57.6 Å². The minimum atomic E-state index is -0.0480. The molecule has 1 amide bonds. The molecule has 0 saturated carbocycles. The first kappa shape index (κ1) is 20.6. The Morgan fingerprint density at radius 2 is 1.82 bits per heavy atom. The second-order valence-corrected chi connectivity index (χ2v) is 8.44. The average molecular weight is 459 g/mol. The molecular formula is C21H23BrN4OS. The summed E-state index contributed by atoms with van der Waals surface area (Å²) in [5.74, 6) is 1.03. The summed E-state index contributed by atoms with van der Waals surface area (Å²) in [6.07, 6.45) is 0. The van der Waals surface area contributed by atoms with Crippen LogP contribution >= 0.6 is 27.7 Å². The summed E-state index contributed by atoms with van der Waals surface area (Å²) in [6.45, 7) is 8.86. The summed E-state index contributed by atoms with van der Waals surface area (Å²) in [7, 11) is 0. The summed E-state index contributed by atoms with van der Waals surface area (Å²) in [5.41, 5.74) is 5.21. The van der Waals surface area contributed by atoms with Crippen molar-refractivity contribution >= 4 is 39.3 Å². The van der Waals surface area contributed by atoms with Gasteiger partial charge in [0.05, 0.1) is 5.75 Å². The first-order valence-electron chi connectivity index (χ1n) is 9.09. The predicted molar refractivity (Wildman–Crippen MR) is 119 cm³/mol. The van der Waals surface area contributed by atoms with Crippen molar-refractivity contribution in [2.24, 2.45) is 0 Å². The first-order chi connectivity index (χ1) is 13.4. The molecule has 0 bridgehead atoms. The fraction of sp³-hybridized carbons (Fsp3) is 0.286. The van der Waals surface area contributed by atoms with Gasteiger partial charge >= 0.3 is 0 Å². The molecule has 28 heavy (non-hydrogen) atoms. The van der Waals surface area contributed by atoms with E-state index in [-0.39, 0.29) is 11.7 Å². The van der Waals surface area contributed by atoms with Crippen LogP contribution in [0.4, 0.5) is 5.69 Å². The summed E-state index contributed by atoms with van der Waals surface area (Å²) in [4.78, 5) is 12.5. The lowest BCUT2D eigenvalue weighted by Crippen LogP contribution is -2.16. The molecule has 0 saturated heterocycles. The molecule has 0 radical (unpaired) electrons. The van der Waals surface area contributed by atoms with Crippen LogP contribution in [0.25, 0.3) is 11.4 Å². The van der Waals surface area contributed by atoms with Crippen LogP contribution < -0.4 is 5.32 Å². The molecule has 0 aliphatic rings. The monoisotopic (exact) mass is 458 g/mol. The number of thioether (sulfide) groups is 1. The van der Waals surface area contributed by atoms with Gasteiger partial charge in [0, 0.05) is 22.3 Å². The molecule has 0 fully saturated rings. The van der Waals surface area contributed by atoms with Crippen molar-refractivity contribution < 1.29 is 4.79 Å². The molecule has 1 N–H and O–H groups in total. The molecule has 7 heteroatoms. The largest absolute Gasteiger partial charge is 0.325 e. The first-order valence-corrected chi connectivity index (χ1v) is 10.9. The number of anilines is 1. The van der Waals surface area contributed by atoms with Gasteiger partial charge in [0.25, 0.3) is 0 Å². The van der Waals surface area contributed by atoms with Crippen molar-refractivity contribution in [2.45, 2.75) is 39.4 Å². The fourth-order valence-electron chi connectivity index (χ4n) is 3.21. The van der Waals surface area contributed by atoms with Crippen molar-refractivity contribution in [3.63, 3.8) is 0 Å². The third kappa shape index (κ3) is 4.47.